The molecule has 2 N–H and O–H groups in total. The van der Waals surface area contributed by atoms with Gasteiger partial charge in [0.15, 0.2) is 0 Å². The molecule has 0 rings (SSSR count). The molecule has 0 saturated heterocycles. The van der Waals surface area contributed by atoms with Crippen molar-refractivity contribution in [3.05, 3.63) is 36.5 Å². The molecule has 0 fully saturated rings. The number of allylic oxidation sites excluding steroid dienone is 5. The number of phosphoric ester groups is 1. The van der Waals surface area contributed by atoms with Crippen molar-refractivity contribution in [3.63, 3.8) is 0 Å². The molecule has 3 atom stereocenters. The van der Waals surface area contributed by atoms with E-state index in [9.17, 15) is 19.4 Å². The maximum absolute atomic E-state index is 12.6. The van der Waals surface area contributed by atoms with Crippen LogP contribution in [-0.2, 0) is 18.4 Å². The van der Waals surface area contributed by atoms with Gasteiger partial charge in [0.05, 0.1) is 39.9 Å². The average molecular weight is 699 g/mol. The number of carbonyl (C=O) groups is 1. The first-order valence-corrected chi connectivity index (χ1v) is 20.8. The lowest BCUT2D eigenvalue weighted by atomic mass is 10.1. The van der Waals surface area contributed by atoms with Gasteiger partial charge in [-0.05, 0) is 44.9 Å². The van der Waals surface area contributed by atoms with Crippen LogP contribution in [0.2, 0.25) is 0 Å². The molecule has 3 unspecified atom stereocenters. The Morgan fingerprint density at radius 2 is 1.17 bits per heavy atom. The zero-order valence-corrected chi connectivity index (χ0v) is 32.6. The highest BCUT2D eigenvalue weighted by atomic mass is 31.2. The van der Waals surface area contributed by atoms with E-state index in [1.807, 2.05) is 27.2 Å². The monoisotopic (exact) mass is 699 g/mol. The van der Waals surface area contributed by atoms with E-state index in [1.54, 1.807) is 6.08 Å². The molecule has 0 saturated carbocycles. The summed E-state index contributed by atoms with van der Waals surface area (Å²) in [6, 6.07) is -0.902. The van der Waals surface area contributed by atoms with Crippen molar-refractivity contribution in [2.45, 2.75) is 167 Å². The van der Waals surface area contributed by atoms with Crippen LogP contribution in [0.5, 0.6) is 0 Å². The molecular formula is C39H75N2O6P. The van der Waals surface area contributed by atoms with Gasteiger partial charge in [-0.1, -0.05) is 140 Å². The van der Waals surface area contributed by atoms with E-state index in [0.717, 1.165) is 57.8 Å². The number of hydrogen-bond acceptors (Lipinski definition) is 6. The summed E-state index contributed by atoms with van der Waals surface area (Å²) >= 11 is 0. The Bertz CT molecular complexity index is 886. The number of phosphoric acid groups is 1. The fourth-order valence-corrected chi connectivity index (χ4v) is 5.90. The first kappa shape index (κ1) is 46.7. The van der Waals surface area contributed by atoms with E-state index in [-0.39, 0.29) is 12.5 Å². The molecule has 0 aromatic carbocycles. The van der Waals surface area contributed by atoms with Gasteiger partial charge in [0.25, 0.3) is 7.82 Å². The minimum absolute atomic E-state index is 0.00916. The Labute approximate surface area is 296 Å². The lowest BCUT2D eigenvalue weighted by molar-refractivity contribution is -0.870. The van der Waals surface area contributed by atoms with Crippen LogP contribution >= 0.6 is 7.82 Å². The van der Waals surface area contributed by atoms with Crippen molar-refractivity contribution in [2.75, 3.05) is 40.9 Å². The second-order valence-electron chi connectivity index (χ2n) is 14.3. The third-order valence-corrected chi connectivity index (χ3v) is 9.29. The number of hydrogen-bond donors (Lipinski definition) is 2. The maximum atomic E-state index is 12.6. The Morgan fingerprint density at radius 1 is 0.708 bits per heavy atom. The molecule has 0 aliphatic carbocycles. The van der Waals surface area contributed by atoms with Crippen LogP contribution in [0, 0.1) is 0 Å². The van der Waals surface area contributed by atoms with E-state index in [2.05, 4.69) is 43.5 Å². The first-order valence-electron chi connectivity index (χ1n) is 19.4. The van der Waals surface area contributed by atoms with Gasteiger partial charge in [0, 0.05) is 6.42 Å². The summed E-state index contributed by atoms with van der Waals surface area (Å²) in [6.07, 6.45) is 36.7. The van der Waals surface area contributed by atoms with Crippen molar-refractivity contribution in [1.29, 1.82) is 0 Å². The Kier molecular flexibility index (Phi) is 30.8. The molecular weight excluding hydrogens is 623 g/mol. The van der Waals surface area contributed by atoms with Gasteiger partial charge in [-0.3, -0.25) is 9.36 Å². The predicted molar refractivity (Wildman–Crippen MR) is 201 cm³/mol. The van der Waals surface area contributed by atoms with E-state index in [1.165, 1.54) is 77.0 Å². The summed E-state index contributed by atoms with van der Waals surface area (Å²) in [4.78, 5) is 24.9. The SMILES string of the molecule is CCCCCCCCCCCCC/C=C/CC/C=C/CC/C=C/C(O)C(COP(=O)([O-])OCC[N+](C)(C)C)NC(=O)CCCCCCC. The maximum Gasteiger partial charge on any atom is 0.268 e. The van der Waals surface area contributed by atoms with Crippen LogP contribution < -0.4 is 10.2 Å². The number of unbranched alkanes of at least 4 members (excludes halogenated alkanes) is 17. The van der Waals surface area contributed by atoms with Crippen molar-refractivity contribution in [1.82, 2.24) is 5.32 Å². The number of amides is 1. The molecule has 48 heavy (non-hydrogen) atoms. The van der Waals surface area contributed by atoms with Crippen molar-refractivity contribution >= 4 is 13.7 Å². The number of aliphatic hydroxyl groups excluding tert-OH is 1. The topological polar surface area (TPSA) is 108 Å². The van der Waals surface area contributed by atoms with Gasteiger partial charge in [0.2, 0.25) is 5.91 Å². The number of rotatable bonds is 34. The van der Waals surface area contributed by atoms with E-state index < -0.39 is 26.6 Å². The molecule has 0 aromatic rings. The molecule has 0 bridgehead atoms. The molecule has 0 aliphatic heterocycles. The van der Waals surface area contributed by atoms with Gasteiger partial charge < -0.3 is 28.8 Å². The molecule has 0 aliphatic rings. The Balaban J connectivity index is 4.37. The fourth-order valence-electron chi connectivity index (χ4n) is 5.18. The van der Waals surface area contributed by atoms with E-state index in [0.29, 0.717) is 17.4 Å². The zero-order valence-electron chi connectivity index (χ0n) is 31.7. The highest BCUT2D eigenvalue weighted by molar-refractivity contribution is 7.45. The minimum Gasteiger partial charge on any atom is -0.756 e. The summed E-state index contributed by atoms with van der Waals surface area (Å²) in [6.45, 7) is 4.50. The summed E-state index contributed by atoms with van der Waals surface area (Å²) in [5.74, 6) is -0.227. The van der Waals surface area contributed by atoms with E-state index >= 15 is 0 Å². The third kappa shape index (κ3) is 33.2. The number of carbonyl (C=O) groups excluding carboxylic acids is 1. The van der Waals surface area contributed by atoms with Crippen LogP contribution in [0.15, 0.2) is 36.5 Å². The number of nitrogens with one attached hydrogen (secondary N) is 1. The molecule has 282 valence electrons. The third-order valence-electron chi connectivity index (χ3n) is 8.33. The second kappa shape index (κ2) is 31.7. The van der Waals surface area contributed by atoms with Gasteiger partial charge >= 0.3 is 0 Å². The number of nitrogens with zero attached hydrogens (tertiary/aromatic N) is 1. The smallest absolute Gasteiger partial charge is 0.268 e. The van der Waals surface area contributed by atoms with Crippen LogP contribution in [-0.4, -0.2) is 68.5 Å². The highest BCUT2D eigenvalue weighted by Gasteiger charge is 2.23. The molecule has 0 radical (unpaired) electrons. The molecule has 1 amide bonds. The summed E-state index contributed by atoms with van der Waals surface area (Å²) in [5.41, 5.74) is 0. The average Bonchev–Trinajstić information content (AvgIpc) is 3.02. The Hall–Kier alpha value is -1.28. The molecule has 0 aromatic heterocycles. The normalized spacial score (nSPS) is 15.1. The first-order chi connectivity index (χ1) is 23.0. The van der Waals surface area contributed by atoms with Gasteiger partial charge in [0.1, 0.15) is 13.2 Å². The quantitative estimate of drug-likeness (QED) is 0.0300. The van der Waals surface area contributed by atoms with Crippen LogP contribution in [0.4, 0.5) is 0 Å². The van der Waals surface area contributed by atoms with Crippen molar-refractivity contribution in [2.24, 2.45) is 0 Å². The van der Waals surface area contributed by atoms with Crippen molar-refractivity contribution < 1.29 is 32.9 Å². The van der Waals surface area contributed by atoms with Gasteiger partial charge in [-0.25, -0.2) is 0 Å². The summed E-state index contributed by atoms with van der Waals surface area (Å²) in [5, 5.41) is 13.6. The fraction of sp³-hybridized carbons (Fsp3) is 0.821. The van der Waals surface area contributed by atoms with E-state index in [4.69, 9.17) is 9.05 Å². The highest BCUT2D eigenvalue weighted by Crippen LogP contribution is 2.38. The standard InChI is InChI=1S/C39H75N2O6P/c1-6-8-10-12-13-14-15-16-17-18-19-20-21-22-23-24-25-26-27-29-30-32-38(42)37(40-39(43)33-31-28-11-9-7-2)36-47-48(44,45)46-35-34-41(3,4)5/h21-22,25-26,30,32,37-38,42H,6-20,23-24,27-29,31,33-36H2,1-5H3,(H-,40,43,44,45)/b22-21+,26-25+,32-30+. The molecule has 0 spiro atoms. The lowest BCUT2D eigenvalue weighted by Crippen LogP contribution is -2.45. The Morgan fingerprint density at radius 3 is 1.69 bits per heavy atom. The number of quaternary nitrogens is 1. The summed E-state index contributed by atoms with van der Waals surface area (Å²) < 4.78 is 22.9. The van der Waals surface area contributed by atoms with Crippen molar-refractivity contribution in [3.8, 4) is 0 Å². The largest absolute Gasteiger partial charge is 0.756 e. The van der Waals surface area contributed by atoms with Gasteiger partial charge in [-0.2, -0.15) is 0 Å². The summed E-state index contributed by atoms with van der Waals surface area (Å²) in [7, 11) is 1.23. The second-order valence-corrected chi connectivity index (χ2v) is 15.7. The number of aliphatic hydroxyl groups is 1. The molecule has 9 heteroatoms. The minimum atomic E-state index is -4.58. The van der Waals surface area contributed by atoms with Crippen LogP contribution in [0.1, 0.15) is 155 Å². The van der Waals surface area contributed by atoms with Crippen LogP contribution in [0.3, 0.4) is 0 Å². The number of likely N-dealkylation sites (N-methyl/N-ethyl adjacent to an activating group) is 1. The predicted octanol–water partition coefficient (Wildman–Crippen LogP) is 9.33. The lowest BCUT2D eigenvalue weighted by Gasteiger charge is -2.29. The van der Waals surface area contributed by atoms with Crippen LogP contribution in [0.25, 0.3) is 0 Å². The molecule has 8 nitrogen and oxygen atoms in total. The zero-order chi connectivity index (χ0) is 35.8. The van der Waals surface area contributed by atoms with Gasteiger partial charge in [-0.15, -0.1) is 0 Å². The molecule has 0 heterocycles.